The molecule has 2 saturated heterocycles. The average molecular weight is 311 g/mol. The zero-order valence-corrected chi connectivity index (χ0v) is 14.3. The quantitative estimate of drug-likeness (QED) is 0.548. The van der Waals surface area contributed by atoms with Crippen LogP contribution in [-0.2, 0) is 4.74 Å². The Bertz CT molecular complexity index is 330. The number of hydrogen-bond acceptors (Lipinski definition) is 4. The van der Waals surface area contributed by atoms with E-state index >= 15 is 0 Å². The minimum absolute atomic E-state index is 0.650. The van der Waals surface area contributed by atoms with Crippen LogP contribution in [0.1, 0.15) is 26.2 Å². The van der Waals surface area contributed by atoms with Gasteiger partial charge >= 0.3 is 0 Å². The second-order valence-corrected chi connectivity index (χ2v) is 6.11. The van der Waals surface area contributed by atoms with Gasteiger partial charge in [0.2, 0.25) is 0 Å². The van der Waals surface area contributed by atoms with Crippen LogP contribution >= 0.6 is 0 Å². The average Bonchev–Trinajstić information content (AvgIpc) is 2.59. The first-order chi connectivity index (χ1) is 10.8. The Hall–Kier alpha value is -0.850. The summed E-state index contributed by atoms with van der Waals surface area (Å²) in [5.74, 6) is 0.926. The summed E-state index contributed by atoms with van der Waals surface area (Å²) in [6, 6.07) is 0.650. The number of guanidine groups is 1. The Morgan fingerprint density at radius 2 is 2.00 bits per heavy atom. The van der Waals surface area contributed by atoms with E-state index in [1.807, 2.05) is 7.05 Å². The third-order valence-electron chi connectivity index (χ3n) is 4.71. The zero-order valence-electron chi connectivity index (χ0n) is 14.3. The fraction of sp³-hybridized carbons (Fsp3) is 0.938. The van der Waals surface area contributed by atoms with Crippen LogP contribution in [-0.4, -0.2) is 87.9 Å². The lowest BCUT2D eigenvalue weighted by Gasteiger charge is -2.35. The summed E-state index contributed by atoms with van der Waals surface area (Å²) < 4.78 is 5.37. The number of likely N-dealkylation sites (N-methyl/N-ethyl adjacent to an activating group) is 1. The van der Waals surface area contributed by atoms with Crippen molar-refractivity contribution in [3.63, 3.8) is 0 Å². The van der Waals surface area contributed by atoms with Crippen molar-refractivity contribution >= 4 is 5.96 Å². The number of likely N-dealkylation sites (tertiary alicyclic amines) is 1. The molecule has 0 amide bonds. The Balaban J connectivity index is 1.63. The molecule has 0 aromatic rings. The smallest absolute Gasteiger partial charge is 0.191 e. The molecule has 0 spiro atoms. The van der Waals surface area contributed by atoms with Crippen LogP contribution in [0.5, 0.6) is 0 Å². The second-order valence-electron chi connectivity index (χ2n) is 6.11. The second kappa shape index (κ2) is 10.0. The Morgan fingerprint density at radius 3 is 2.73 bits per heavy atom. The maximum absolute atomic E-state index is 5.37. The van der Waals surface area contributed by atoms with Gasteiger partial charge in [-0.25, -0.2) is 0 Å². The first kappa shape index (κ1) is 17.5. The van der Waals surface area contributed by atoms with E-state index in [1.54, 1.807) is 0 Å². The molecule has 6 heteroatoms. The molecule has 2 aliphatic rings. The standard InChI is InChI=1S/C16H33N5O/c1-3-21-8-5-4-6-15(21)14-19-16(17-2)18-7-9-20-10-12-22-13-11-20/h15H,3-14H2,1-2H3,(H2,17,18,19). The van der Waals surface area contributed by atoms with Gasteiger partial charge in [0.25, 0.3) is 0 Å². The van der Waals surface area contributed by atoms with Gasteiger partial charge in [-0.15, -0.1) is 0 Å². The first-order valence-electron chi connectivity index (χ1n) is 8.82. The third kappa shape index (κ3) is 5.74. The van der Waals surface area contributed by atoms with Crippen molar-refractivity contribution in [3.8, 4) is 0 Å². The molecule has 2 aliphatic heterocycles. The lowest BCUT2D eigenvalue weighted by atomic mass is 10.0. The summed E-state index contributed by atoms with van der Waals surface area (Å²) in [6.45, 7) is 11.4. The molecule has 0 aromatic heterocycles. The Labute approximate surface area is 135 Å². The molecule has 2 N–H and O–H groups in total. The van der Waals surface area contributed by atoms with Gasteiger partial charge in [0.05, 0.1) is 13.2 Å². The summed E-state index contributed by atoms with van der Waals surface area (Å²) in [5, 5.41) is 6.92. The molecule has 1 atom stereocenters. The molecule has 22 heavy (non-hydrogen) atoms. The first-order valence-corrected chi connectivity index (χ1v) is 8.82. The van der Waals surface area contributed by atoms with Crippen molar-refractivity contribution in [2.75, 3.05) is 66.1 Å². The minimum Gasteiger partial charge on any atom is -0.379 e. The van der Waals surface area contributed by atoms with Gasteiger partial charge in [-0.3, -0.25) is 14.8 Å². The number of morpholine rings is 1. The third-order valence-corrected chi connectivity index (χ3v) is 4.71. The Morgan fingerprint density at radius 1 is 1.18 bits per heavy atom. The van der Waals surface area contributed by atoms with E-state index in [4.69, 9.17) is 4.74 Å². The van der Waals surface area contributed by atoms with E-state index in [1.165, 1.54) is 25.8 Å². The van der Waals surface area contributed by atoms with Gasteiger partial charge in [-0.05, 0) is 25.9 Å². The predicted molar refractivity (Wildman–Crippen MR) is 91.5 cm³/mol. The summed E-state index contributed by atoms with van der Waals surface area (Å²) in [5.41, 5.74) is 0. The molecule has 2 heterocycles. The van der Waals surface area contributed by atoms with E-state index in [0.717, 1.165) is 58.4 Å². The van der Waals surface area contributed by atoms with E-state index in [9.17, 15) is 0 Å². The highest BCUT2D eigenvalue weighted by atomic mass is 16.5. The number of nitrogens with zero attached hydrogens (tertiary/aromatic N) is 3. The molecule has 6 nitrogen and oxygen atoms in total. The molecule has 0 radical (unpaired) electrons. The summed E-state index contributed by atoms with van der Waals surface area (Å²) in [6.07, 6.45) is 3.99. The summed E-state index contributed by atoms with van der Waals surface area (Å²) >= 11 is 0. The van der Waals surface area contributed by atoms with Crippen molar-refractivity contribution in [2.45, 2.75) is 32.2 Å². The molecule has 0 aliphatic carbocycles. The molecular weight excluding hydrogens is 278 g/mol. The lowest BCUT2D eigenvalue weighted by Crippen LogP contribution is -2.50. The summed E-state index contributed by atoms with van der Waals surface area (Å²) in [7, 11) is 1.85. The van der Waals surface area contributed by atoms with Gasteiger partial charge < -0.3 is 15.4 Å². The van der Waals surface area contributed by atoms with Crippen LogP contribution in [0, 0.1) is 0 Å². The molecular formula is C16H33N5O. The molecule has 2 fully saturated rings. The van der Waals surface area contributed by atoms with Crippen molar-refractivity contribution in [2.24, 2.45) is 4.99 Å². The van der Waals surface area contributed by atoms with E-state index in [-0.39, 0.29) is 0 Å². The molecule has 1 unspecified atom stereocenters. The largest absolute Gasteiger partial charge is 0.379 e. The van der Waals surface area contributed by atoms with Gasteiger partial charge in [-0.1, -0.05) is 13.3 Å². The highest BCUT2D eigenvalue weighted by Gasteiger charge is 2.20. The number of piperidine rings is 1. The van der Waals surface area contributed by atoms with Crippen molar-refractivity contribution < 1.29 is 4.74 Å². The number of rotatable bonds is 6. The number of nitrogens with one attached hydrogen (secondary N) is 2. The van der Waals surface area contributed by atoms with Gasteiger partial charge in [0.15, 0.2) is 5.96 Å². The molecule has 0 bridgehead atoms. The van der Waals surface area contributed by atoms with Crippen LogP contribution < -0.4 is 10.6 Å². The monoisotopic (exact) mass is 311 g/mol. The predicted octanol–water partition coefficient (Wildman–Crippen LogP) is 0.358. The number of hydrogen-bond donors (Lipinski definition) is 2. The maximum atomic E-state index is 5.37. The van der Waals surface area contributed by atoms with Crippen LogP contribution in [0.2, 0.25) is 0 Å². The SMILES string of the molecule is CCN1CCCCC1CNC(=NC)NCCN1CCOCC1. The van der Waals surface area contributed by atoms with Crippen molar-refractivity contribution in [1.29, 1.82) is 0 Å². The number of ether oxygens (including phenoxy) is 1. The van der Waals surface area contributed by atoms with Crippen LogP contribution in [0.15, 0.2) is 4.99 Å². The van der Waals surface area contributed by atoms with Gasteiger partial charge in [0, 0.05) is 45.8 Å². The van der Waals surface area contributed by atoms with Crippen LogP contribution in [0.25, 0.3) is 0 Å². The molecule has 128 valence electrons. The van der Waals surface area contributed by atoms with Crippen LogP contribution in [0.4, 0.5) is 0 Å². The van der Waals surface area contributed by atoms with Crippen molar-refractivity contribution in [1.82, 2.24) is 20.4 Å². The topological polar surface area (TPSA) is 52.1 Å². The lowest BCUT2D eigenvalue weighted by molar-refractivity contribution is 0.0389. The van der Waals surface area contributed by atoms with Crippen molar-refractivity contribution in [3.05, 3.63) is 0 Å². The molecule has 0 saturated carbocycles. The van der Waals surface area contributed by atoms with Gasteiger partial charge in [-0.2, -0.15) is 0 Å². The van der Waals surface area contributed by atoms with Gasteiger partial charge in [0.1, 0.15) is 0 Å². The summed E-state index contributed by atoms with van der Waals surface area (Å²) in [4.78, 5) is 9.35. The molecule has 0 aromatic carbocycles. The maximum Gasteiger partial charge on any atom is 0.191 e. The Kier molecular flexibility index (Phi) is 7.98. The van der Waals surface area contributed by atoms with E-state index in [0.29, 0.717) is 6.04 Å². The molecule has 2 rings (SSSR count). The van der Waals surface area contributed by atoms with E-state index in [2.05, 4.69) is 32.3 Å². The highest BCUT2D eigenvalue weighted by molar-refractivity contribution is 5.79. The zero-order chi connectivity index (χ0) is 15.6. The van der Waals surface area contributed by atoms with E-state index < -0.39 is 0 Å². The highest BCUT2D eigenvalue weighted by Crippen LogP contribution is 2.15. The van der Waals surface area contributed by atoms with Crippen LogP contribution in [0.3, 0.4) is 0 Å². The number of aliphatic imine (C=N–C) groups is 1. The fourth-order valence-corrected chi connectivity index (χ4v) is 3.30. The minimum atomic E-state index is 0.650. The fourth-order valence-electron chi connectivity index (χ4n) is 3.30. The normalized spacial score (nSPS) is 25.2.